The summed E-state index contributed by atoms with van der Waals surface area (Å²) in [4.78, 5) is 19.6. The Labute approximate surface area is 133 Å². The number of rotatable bonds is 3. The first-order chi connectivity index (χ1) is 10.6. The highest BCUT2D eigenvalue weighted by atomic mass is 32.1. The van der Waals surface area contributed by atoms with Crippen LogP contribution in [-0.2, 0) is 18.2 Å². The summed E-state index contributed by atoms with van der Waals surface area (Å²) < 4.78 is 11.7. The van der Waals surface area contributed by atoms with Crippen molar-refractivity contribution in [2.45, 2.75) is 26.4 Å². The number of imidazole rings is 1. The van der Waals surface area contributed by atoms with Gasteiger partial charge in [-0.25, -0.2) is 4.98 Å². The van der Waals surface area contributed by atoms with Gasteiger partial charge in [0.25, 0.3) is 5.91 Å². The van der Waals surface area contributed by atoms with Crippen molar-refractivity contribution in [3.63, 3.8) is 0 Å². The highest BCUT2D eigenvalue weighted by Gasteiger charge is 2.30. The van der Waals surface area contributed by atoms with Crippen molar-refractivity contribution in [3.05, 3.63) is 28.3 Å². The van der Waals surface area contributed by atoms with E-state index < -0.39 is 0 Å². The summed E-state index contributed by atoms with van der Waals surface area (Å²) in [6.45, 7) is 5.53. The minimum absolute atomic E-state index is 0.00826. The fourth-order valence-corrected chi connectivity index (χ4v) is 3.39. The molecular weight excluding hydrogens is 302 g/mol. The third-order valence-electron chi connectivity index (χ3n) is 3.76. The van der Waals surface area contributed by atoms with Crippen LogP contribution in [0.2, 0.25) is 0 Å². The van der Waals surface area contributed by atoms with Crippen LogP contribution in [0.15, 0.2) is 6.20 Å². The minimum Gasteiger partial charge on any atom is -0.367 e. The Balaban J connectivity index is 1.78. The number of aromatic nitrogens is 4. The van der Waals surface area contributed by atoms with Crippen LogP contribution in [0.1, 0.15) is 39.9 Å². The van der Waals surface area contributed by atoms with Gasteiger partial charge in [-0.1, -0.05) is 11.4 Å². The maximum atomic E-state index is 12.7. The van der Waals surface area contributed by atoms with E-state index in [4.69, 9.17) is 4.74 Å². The average Bonchev–Trinajstić information content (AvgIpc) is 3.12. The molecule has 22 heavy (non-hydrogen) atoms. The molecule has 0 unspecified atom stereocenters. The molecule has 1 fully saturated rings. The van der Waals surface area contributed by atoms with Crippen molar-refractivity contribution >= 4 is 17.4 Å². The summed E-state index contributed by atoms with van der Waals surface area (Å²) in [5.74, 6) is 0.847. The van der Waals surface area contributed by atoms with Gasteiger partial charge in [0, 0.05) is 19.8 Å². The van der Waals surface area contributed by atoms with Gasteiger partial charge in [-0.2, -0.15) is 0 Å². The predicted octanol–water partition coefficient (Wildman–Crippen LogP) is 1.36. The smallest absolute Gasteiger partial charge is 0.267 e. The van der Waals surface area contributed by atoms with Crippen LogP contribution in [-0.4, -0.2) is 49.6 Å². The zero-order valence-electron chi connectivity index (χ0n) is 12.9. The van der Waals surface area contributed by atoms with Crippen molar-refractivity contribution in [2.24, 2.45) is 7.05 Å². The molecule has 1 aliphatic heterocycles. The van der Waals surface area contributed by atoms with Gasteiger partial charge < -0.3 is 14.2 Å². The second kappa shape index (κ2) is 6.13. The Bertz CT molecular complexity index is 681. The van der Waals surface area contributed by atoms with E-state index in [9.17, 15) is 4.79 Å². The summed E-state index contributed by atoms with van der Waals surface area (Å²) in [5.41, 5.74) is 1.72. The highest BCUT2D eigenvalue weighted by molar-refractivity contribution is 7.08. The second-order valence-corrected chi connectivity index (χ2v) is 6.12. The first kappa shape index (κ1) is 15.1. The lowest BCUT2D eigenvalue weighted by Crippen LogP contribution is -2.42. The van der Waals surface area contributed by atoms with Gasteiger partial charge in [-0.3, -0.25) is 4.79 Å². The SMILES string of the molecule is CCc1nnsc1C(=O)N1CCO[C@H](c2nc(C)cn2C)C1. The minimum atomic E-state index is -0.192. The summed E-state index contributed by atoms with van der Waals surface area (Å²) in [7, 11) is 1.95. The monoisotopic (exact) mass is 321 g/mol. The van der Waals surface area contributed by atoms with Crippen LogP contribution in [0.3, 0.4) is 0 Å². The zero-order valence-corrected chi connectivity index (χ0v) is 13.8. The topological polar surface area (TPSA) is 73.1 Å². The predicted molar refractivity (Wildman–Crippen MR) is 81.8 cm³/mol. The van der Waals surface area contributed by atoms with Gasteiger partial charge in [0.05, 0.1) is 24.5 Å². The Morgan fingerprint density at radius 2 is 2.36 bits per heavy atom. The Morgan fingerprint density at radius 3 is 3.05 bits per heavy atom. The van der Waals surface area contributed by atoms with Crippen LogP contribution < -0.4 is 0 Å². The number of hydrogen-bond donors (Lipinski definition) is 0. The van der Waals surface area contributed by atoms with Gasteiger partial charge in [-0.05, 0) is 24.9 Å². The fraction of sp³-hybridized carbons (Fsp3) is 0.571. The van der Waals surface area contributed by atoms with Gasteiger partial charge >= 0.3 is 0 Å². The van der Waals surface area contributed by atoms with Crippen molar-refractivity contribution in [1.29, 1.82) is 0 Å². The lowest BCUT2D eigenvalue weighted by atomic mass is 10.2. The molecule has 0 spiro atoms. The normalized spacial score (nSPS) is 18.7. The number of carbonyl (C=O) groups is 1. The fourth-order valence-electron chi connectivity index (χ4n) is 2.67. The van der Waals surface area contributed by atoms with Gasteiger partial charge in [0.2, 0.25) is 0 Å². The standard InChI is InChI=1S/C14H19N5O2S/c1-4-10-12(22-17-16-10)14(20)19-5-6-21-11(8-19)13-15-9(2)7-18(13)3/h7,11H,4-6,8H2,1-3H3/t11-/m0/s1. The molecule has 8 heteroatoms. The summed E-state index contributed by atoms with van der Waals surface area (Å²) in [6, 6.07) is 0. The molecule has 0 bridgehead atoms. The first-order valence-electron chi connectivity index (χ1n) is 7.32. The van der Waals surface area contributed by atoms with Crippen molar-refractivity contribution in [3.8, 4) is 0 Å². The molecule has 0 saturated carbocycles. The number of morpholine rings is 1. The maximum Gasteiger partial charge on any atom is 0.267 e. The Hall–Kier alpha value is -1.80. The molecule has 3 heterocycles. The molecule has 0 radical (unpaired) electrons. The molecule has 1 saturated heterocycles. The number of amides is 1. The number of nitrogens with zero attached hydrogens (tertiary/aromatic N) is 5. The van der Waals surface area contributed by atoms with Crippen LogP contribution >= 0.6 is 11.5 Å². The number of aryl methyl sites for hydroxylation is 3. The van der Waals surface area contributed by atoms with E-state index in [1.54, 1.807) is 0 Å². The molecule has 0 aromatic carbocycles. The quantitative estimate of drug-likeness (QED) is 0.853. The first-order valence-corrected chi connectivity index (χ1v) is 8.09. The van der Waals surface area contributed by atoms with Gasteiger partial charge in [0.15, 0.2) is 0 Å². The third kappa shape index (κ3) is 2.76. The van der Waals surface area contributed by atoms with Gasteiger partial charge in [0.1, 0.15) is 16.8 Å². The van der Waals surface area contributed by atoms with Crippen LogP contribution in [0.25, 0.3) is 0 Å². The van der Waals surface area contributed by atoms with E-state index in [2.05, 4.69) is 14.6 Å². The molecule has 3 rings (SSSR count). The summed E-state index contributed by atoms with van der Waals surface area (Å²) in [5, 5.41) is 4.02. The van der Waals surface area contributed by atoms with Crippen molar-refractivity contribution in [2.75, 3.05) is 19.7 Å². The van der Waals surface area contributed by atoms with Crippen LogP contribution in [0.4, 0.5) is 0 Å². The van der Waals surface area contributed by atoms with E-state index in [0.29, 0.717) is 31.0 Å². The molecule has 2 aromatic heterocycles. The molecule has 1 amide bonds. The van der Waals surface area contributed by atoms with Crippen LogP contribution in [0.5, 0.6) is 0 Å². The second-order valence-electron chi connectivity index (χ2n) is 5.36. The average molecular weight is 321 g/mol. The molecular formula is C14H19N5O2S. The summed E-state index contributed by atoms with van der Waals surface area (Å²) in [6.07, 6.45) is 2.48. The number of carbonyl (C=O) groups excluding carboxylic acids is 1. The van der Waals surface area contributed by atoms with Gasteiger partial charge in [-0.15, -0.1) is 5.10 Å². The van der Waals surface area contributed by atoms with Crippen molar-refractivity contribution < 1.29 is 9.53 Å². The van der Waals surface area contributed by atoms with E-state index in [1.807, 2.05) is 36.6 Å². The molecule has 1 aliphatic rings. The molecule has 118 valence electrons. The van der Waals surface area contributed by atoms with Crippen LogP contribution in [0, 0.1) is 6.92 Å². The number of hydrogen-bond acceptors (Lipinski definition) is 6. The molecule has 7 nitrogen and oxygen atoms in total. The lowest BCUT2D eigenvalue weighted by Gasteiger charge is -2.32. The van der Waals surface area contributed by atoms with E-state index in [1.165, 1.54) is 11.5 Å². The number of ether oxygens (including phenoxy) is 1. The third-order valence-corrected chi connectivity index (χ3v) is 4.52. The molecule has 2 aromatic rings. The van der Waals surface area contributed by atoms with Crippen molar-refractivity contribution in [1.82, 2.24) is 24.0 Å². The van der Waals surface area contributed by atoms with E-state index >= 15 is 0 Å². The molecule has 0 aliphatic carbocycles. The highest BCUT2D eigenvalue weighted by Crippen LogP contribution is 2.24. The molecule has 1 atom stereocenters. The Kier molecular flexibility index (Phi) is 4.21. The van der Waals surface area contributed by atoms with E-state index in [0.717, 1.165) is 17.2 Å². The summed E-state index contributed by atoms with van der Waals surface area (Å²) >= 11 is 1.17. The maximum absolute atomic E-state index is 12.7. The lowest BCUT2D eigenvalue weighted by molar-refractivity contribution is -0.0278. The molecule has 0 N–H and O–H groups in total. The largest absolute Gasteiger partial charge is 0.367 e. The Morgan fingerprint density at radius 1 is 1.55 bits per heavy atom. The van der Waals surface area contributed by atoms with E-state index in [-0.39, 0.29) is 12.0 Å². The zero-order chi connectivity index (χ0) is 15.7.